The lowest BCUT2D eigenvalue weighted by Crippen LogP contribution is -2.37. The Morgan fingerprint density at radius 2 is 2.05 bits per heavy atom. The first kappa shape index (κ1) is 15.4. The molecule has 0 heterocycles. The molecule has 1 aliphatic rings. The molecule has 1 aliphatic carbocycles. The topological polar surface area (TPSA) is 49.3 Å². The lowest BCUT2D eigenvalue weighted by molar-refractivity contribution is 0.0737. The summed E-state index contributed by atoms with van der Waals surface area (Å²) in [6.45, 7) is 0.353. The zero-order valence-corrected chi connectivity index (χ0v) is 12.8. The lowest BCUT2D eigenvalue weighted by atomic mass is 9.85. The van der Waals surface area contributed by atoms with Crippen LogP contribution in [0.25, 0.3) is 0 Å². The summed E-state index contributed by atoms with van der Waals surface area (Å²) in [4.78, 5) is 13.1. The van der Waals surface area contributed by atoms with Crippen LogP contribution >= 0.6 is 11.8 Å². The van der Waals surface area contributed by atoms with Crippen molar-refractivity contribution in [3.05, 3.63) is 29.8 Å². The molecule has 0 bridgehead atoms. The van der Waals surface area contributed by atoms with Gasteiger partial charge in [-0.25, -0.2) is 0 Å². The molecule has 4 heteroatoms. The standard InChI is InChI=1S/C16H23NO2S/c1-20-15-10-6-5-9-13(15)16(19)17-11-14(18)12-7-3-2-4-8-12/h5-6,9-10,12,14,18H,2-4,7-8,11H2,1H3,(H,17,19)/t14-/m1/s1. The fourth-order valence-electron chi connectivity index (χ4n) is 2.81. The van der Waals surface area contributed by atoms with E-state index in [2.05, 4.69) is 5.32 Å². The van der Waals surface area contributed by atoms with Gasteiger partial charge in [-0.2, -0.15) is 0 Å². The van der Waals surface area contributed by atoms with Crippen molar-refractivity contribution in [1.29, 1.82) is 0 Å². The maximum atomic E-state index is 12.2. The summed E-state index contributed by atoms with van der Waals surface area (Å²) in [6, 6.07) is 7.57. The number of amides is 1. The van der Waals surface area contributed by atoms with E-state index in [9.17, 15) is 9.90 Å². The molecule has 1 fully saturated rings. The first-order valence-electron chi connectivity index (χ1n) is 7.31. The van der Waals surface area contributed by atoms with E-state index in [1.54, 1.807) is 11.8 Å². The summed E-state index contributed by atoms with van der Waals surface area (Å²) in [5.41, 5.74) is 0.691. The maximum Gasteiger partial charge on any atom is 0.252 e. The van der Waals surface area contributed by atoms with Crippen LogP contribution in [0.4, 0.5) is 0 Å². The van der Waals surface area contributed by atoms with Crippen molar-refractivity contribution in [3.8, 4) is 0 Å². The number of carbonyl (C=O) groups is 1. The zero-order valence-electron chi connectivity index (χ0n) is 12.0. The smallest absolute Gasteiger partial charge is 0.252 e. The number of carbonyl (C=O) groups excluding carboxylic acids is 1. The highest BCUT2D eigenvalue weighted by Gasteiger charge is 2.22. The van der Waals surface area contributed by atoms with E-state index in [0.29, 0.717) is 18.0 Å². The van der Waals surface area contributed by atoms with Gasteiger partial charge in [0.1, 0.15) is 0 Å². The predicted molar refractivity (Wildman–Crippen MR) is 83.1 cm³/mol. The fraction of sp³-hybridized carbons (Fsp3) is 0.562. The monoisotopic (exact) mass is 293 g/mol. The lowest BCUT2D eigenvalue weighted by Gasteiger charge is -2.26. The molecular weight excluding hydrogens is 270 g/mol. The Morgan fingerprint density at radius 3 is 2.75 bits per heavy atom. The second kappa shape index (κ2) is 7.70. The minimum absolute atomic E-state index is 0.0928. The minimum atomic E-state index is -0.416. The first-order valence-corrected chi connectivity index (χ1v) is 8.54. The van der Waals surface area contributed by atoms with Crippen molar-refractivity contribution in [3.63, 3.8) is 0 Å². The van der Waals surface area contributed by atoms with Crippen LogP contribution in [0.5, 0.6) is 0 Å². The molecule has 0 aliphatic heterocycles. The predicted octanol–water partition coefficient (Wildman–Crippen LogP) is 3.08. The molecule has 1 atom stereocenters. The normalized spacial score (nSPS) is 17.7. The zero-order chi connectivity index (χ0) is 14.4. The molecule has 20 heavy (non-hydrogen) atoms. The Balaban J connectivity index is 1.88. The summed E-state index contributed by atoms with van der Waals surface area (Å²) < 4.78 is 0. The Bertz CT molecular complexity index is 444. The van der Waals surface area contributed by atoms with Gasteiger partial charge in [-0.3, -0.25) is 4.79 Å². The molecule has 1 amide bonds. The molecule has 1 aromatic carbocycles. The van der Waals surface area contributed by atoms with Crippen molar-refractivity contribution in [2.24, 2.45) is 5.92 Å². The van der Waals surface area contributed by atoms with Crippen LogP contribution in [0, 0.1) is 5.92 Å². The molecular formula is C16H23NO2S. The van der Waals surface area contributed by atoms with Crippen LogP contribution in [0.2, 0.25) is 0 Å². The van der Waals surface area contributed by atoms with E-state index in [0.717, 1.165) is 17.7 Å². The number of benzene rings is 1. The summed E-state index contributed by atoms with van der Waals surface area (Å²) in [5, 5.41) is 13.0. The van der Waals surface area contributed by atoms with Gasteiger partial charge < -0.3 is 10.4 Å². The van der Waals surface area contributed by atoms with E-state index in [-0.39, 0.29) is 5.91 Å². The second-order valence-corrected chi connectivity index (χ2v) is 6.22. The largest absolute Gasteiger partial charge is 0.391 e. The summed E-state index contributed by atoms with van der Waals surface area (Å²) in [5.74, 6) is 0.254. The van der Waals surface area contributed by atoms with Crippen molar-refractivity contribution in [1.82, 2.24) is 5.32 Å². The van der Waals surface area contributed by atoms with Crippen molar-refractivity contribution in [2.45, 2.75) is 43.1 Å². The van der Waals surface area contributed by atoms with Crippen LogP contribution < -0.4 is 5.32 Å². The van der Waals surface area contributed by atoms with Gasteiger partial charge in [-0.1, -0.05) is 31.4 Å². The van der Waals surface area contributed by atoms with E-state index >= 15 is 0 Å². The van der Waals surface area contributed by atoms with Gasteiger partial charge >= 0.3 is 0 Å². The van der Waals surface area contributed by atoms with Crippen LogP contribution in [0.3, 0.4) is 0 Å². The maximum absolute atomic E-state index is 12.2. The molecule has 2 N–H and O–H groups in total. The highest BCUT2D eigenvalue weighted by molar-refractivity contribution is 7.98. The SMILES string of the molecule is CSc1ccccc1C(=O)NC[C@@H](O)C1CCCCC1. The van der Waals surface area contributed by atoms with Gasteiger partial charge in [-0.05, 0) is 37.1 Å². The molecule has 110 valence electrons. The number of thioether (sulfide) groups is 1. The third-order valence-corrected chi connectivity index (χ3v) is 4.81. The Labute approximate surface area is 125 Å². The van der Waals surface area contributed by atoms with E-state index < -0.39 is 6.10 Å². The second-order valence-electron chi connectivity index (χ2n) is 5.38. The van der Waals surface area contributed by atoms with Gasteiger partial charge in [0.2, 0.25) is 0 Å². The van der Waals surface area contributed by atoms with Gasteiger partial charge in [0.25, 0.3) is 5.91 Å². The molecule has 0 spiro atoms. The summed E-state index contributed by atoms with van der Waals surface area (Å²) in [6.07, 6.45) is 7.38. The van der Waals surface area contributed by atoms with Crippen molar-refractivity contribution < 1.29 is 9.90 Å². The van der Waals surface area contributed by atoms with Crippen LogP contribution in [-0.2, 0) is 0 Å². The summed E-state index contributed by atoms with van der Waals surface area (Å²) >= 11 is 1.56. The van der Waals surface area contributed by atoms with Crippen molar-refractivity contribution >= 4 is 17.7 Å². The van der Waals surface area contributed by atoms with Crippen LogP contribution in [0.15, 0.2) is 29.2 Å². The van der Waals surface area contributed by atoms with Gasteiger partial charge in [0.05, 0.1) is 11.7 Å². The molecule has 0 unspecified atom stereocenters. The van der Waals surface area contributed by atoms with Crippen LogP contribution in [-0.4, -0.2) is 29.9 Å². The molecule has 0 saturated heterocycles. The van der Waals surface area contributed by atoms with Crippen molar-refractivity contribution in [2.75, 3.05) is 12.8 Å². The average Bonchev–Trinajstić information content (AvgIpc) is 2.53. The van der Waals surface area contributed by atoms with Crippen LogP contribution in [0.1, 0.15) is 42.5 Å². The number of hydrogen-bond donors (Lipinski definition) is 2. The average molecular weight is 293 g/mol. The number of aliphatic hydroxyl groups excluding tert-OH is 1. The highest BCUT2D eigenvalue weighted by atomic mass is 32.2. The minimum Gasteiger partial charge on any atom is -0.391 e. The first-order chi connectivity index (χ1) is 9.72. The Morgan fingerprint density at radius 1 is 1.35 bits per heavy atom. The number of nitrogens with one attached hydrogen (secondary N) is 1. The molecule has 1 saturated carbocycles. The number of rotatable bonds is 5. The Hall–Kier alpha value is -1.00. The number of aliphatic hydroxyl groups is 1. The van der Waals surface area contributed by atoms with Gasteiger partial charge in [-0.15, -0.1) is 11.8 Å². The third kappa shape index (κ3) is 4.00. The number of hydrogen-bond acceptors (Lipinski definition) is 3. The van der Waals surface area contributed by atoms with Gasteiger partial charge in [0.15, 0.2) is 0 Å². The summed E-state index contributed by atoms with van der Waals surface area (Å²) in [7, 11) is 0. The third-order valence-electron chi connectivity index (χ3n) is 4.02. The van der Waals surface area contributed by atoms with E-state index in [1.807, 2.05) is 30.5 Å². The highest BCUT2D eigenvalue weighted by Crippen LogP contribution is 2.26. The molecule has 1 aromatic rings. The fourth-order valence-corrected chi connectivity index (χ4v) is 3.41. The van der Waals surface area contributed by atoms with E-state index in [4.69, 9.17) is 0 Å². The molecule has 0 radical (unpaired) electrons. The van der Waals surface area contributed by atoms with E-state index in [1.165, 1.54) is 19.3 Å². The Kier molecular flexibility index (Phi) is 5.92. The quantitative estimate of drug-likeness (QED) is 0.820. The molecule has 3 nitrogen and oxygen atoms in total. The molecule has 2 rings (SSSR count). The molecule has 0 aromatic heterocycles. The van der Waals surface area contributed by atoms with Gasteiger partial charge in [0, 0.05) is 11.4 Å².